The molecule has 0 aliphatic rings. The van der Waals surface area contributed by atoms with Crippen molar-refractivity contribution in [3.63, 3.8) is 0 Å². The summed E-state index contributed by atoms with van der Waals surface area (Å²) in [6, 6.07) is -0.465. The zero-order valence-electron chi connectivity index (χ0n) is 7.86. The minimum Gasteiger partial charge on any atom is -0.480 e. The summed E-state index contributed by atoms with van der Waals surface area (Å²) in [4.78, 5) is 23.8. The summed E-state index contributed by atoms with van der Waals surface area (Å²) in [5, 5.41) is 8.47. The van der Waals surface area contributed by atoms with Gasteiger partial charge in [0.05, 0.1) is 7.05 Å². The fourth-order valence-electron chi connectivity index (χ4n) is 0.795. The third kappa shape index (κ3) is 3.78. The number of hydrogen-bond donors (Lipinski definition) is 1. The Labute approximate surface area is 77.9 Å². The summed E-state index contributed by atoms with van der Waals surface area (Å²) in [6.07, 6.45) is 0. The van der Waals surface area contributed by atoms with Crippen LogP contribution in [0.2, 0.25) is 0 Å². The SMILES string of the molecule is [CH]N(CC)C(=O)N(CC)CC(=O)O. The Morgan fingerprint density at radius 3 is 2.15 bits per heavy atom. The molecule has 0 spiro atoms. The second-order valence-corrected chi connectivity index (χ2v) is 2.48. The van der Waals surface area contributed by atoms with E-state index in [1.54, 1.807) is 13.8 Å². The lowest BCUT2D eigenvalue weighted by Crippen LogP contribution is -2.42. The molecule has 0 saturated heterocycles. The molecule has 1 N–H and O–H groups in total. The Morgan fingerprint density at radius 2 is 1.85 bits per heavy atom. The predicted molar refractivity (Wildman–Crippen MR) is 47.0 cm³/mol. The molecule has 0 aromatic rings. The van der Waals surface area contributed by atoms with Crippen LogP contribution in [0.15, 0.2) is 0 Å². The maximum absolute atomic E-state index is 11.3. The Morgan fingerprint density at radius 1 is 1.31 bits per heavy atom. The van der Waals surface area contributed by atoms with Gasteiger partial charge in [-0.3, -0.25) is 4.79 Å². The highest BCUT2D eigenvalue weighted by Gasteiger charge is 2.17. The van der Waals surface area contributed by atoms with Gasteiger partial charge in [-0.05, 0) is 13.8 Å². The molecule has 5 nitrogen and oxygen atoms in total. The number of carbonyl (C=O) groups is 2. The molecule has 2 radical (unpaired) electrons. The number of carbonyl (C=O) groups excluding carboxylic acids is 1. The Balaban J connectivity index is 4.22. The molecule has 5 heteroatoms. The monoisotopic (exact) mass is 186 g/mol. The van der Waals surface area contributed by atoms with Crippen LogP contribution in [0.25, 0.3) is 0 Å². The van der Waals surface area contributed by atoms with Crippen molar-refractivity contribution in [1.29, 1.82) is 0 Å². The van der Waals surface area contributed by atoms with E-state index in [0.717, 1.165) is 9.80 Å². The van der Waals surface area contributed by atoms with Crippen molar-refractivity contribution in [3.05, 3.63) is 7.05 Å². The van der Waals surface area contributed by atoms with Crippen molar-refractivity contribution in [2.75, 3.05) is 19.6 Å². The van der Waals surface area contributed by atoms with Crippen LogP contribution >= 0.6 is 0 Å². The van der Waals surface area contributed by atoms with Crippen molar-refractivity contribution in [2.24, 2.45) is 0 Å². The van der Waals surface area contributed by atoms with Gasteiger partial charge in [-0.2, -0.15) is 0 Å². The molecule has 0 aliphatic carbocycles. The number of likely N-dealkylation sites (N-methyl/N-ethyl adjacent to an activating group) is 1. The van der Waals surface area contributed by atoms with Crippen LogP contribution in [0.3, 0.4) is 0 Å². The number of aliphatic carboxylic acids is 1. The van der Waals surface area contributed by atoms with E-state index >= 15 is 0 Å². The first-order valence-electron chi connectivity index (χ1n) is 4.05. The fraction of sp³-hybridized carbons (Fsp3) is 0.625. The van der Waals surface area contributed by atoms with Crippen molar-refractivity contribution in [1.82, 2.24) is 9.80 Å². The third-order valence-electron chi connectivity index (χ3n) is 1.56. The lowest BCUT2D eigenvalue weighted by atomic mass is 10.5. The lowest BCUT2D eigenvalue weighted by Gasteiger charge is -2.24. The van der Waals surface area contributed by atoms with Gasteiger partial charge in [0.15, 0.2) is 0 Å². The molecule has 74 valence electrons. The van der Waals surface area contributed by atoms with E-state index in [9.17, 15) is 9.59 Å². The van der Waals surface area contributed by atoms with Crippen LogP contribution in [0.4, 0.5) is 4.79 Å². The first-order valence-corrected chi connectivity index (χ1v) is 4.05. The molecule has 2 amide bonds. The van der Waals surface area contributed by atoms with Crippen LogP contribution in [0.5, 0.6) is 0 Å². The number of hydrogen-bond acceptors (Lipinski definition) is 2. The van der Waals surface area contributed by atoms with E-state index < -0.39 is 12.0 Å². The van der Waals surface area contributed by atoms with Gasteiger partial charge in [-0.15, -0.1) is 0 Å². The normalized spacial score (nSPS) is 9.46. The summed E-state index contributed by atoms with van der Waals surface area (Å²) < 4.78 is 0. The molecule has 0 rings (SSSR count). The standard InChI is InChI=1S/C8H14N2O3/c1-4-9(3)8(13)10(5-2)6-7(11)12/h3H,4-6H2,1-2H3,(H,11,12). The zero-order chi connectivity index (χ0) is 10.4. The molecule has 13 heavy (non-hydrogen) atoms. The maximum Gasteiger partial charge on any atom is 0.323 e. The van der Waals surface area contributed by atoms with E-state index in [1.165, 1.54) is 0 Å². The van der Waals surface area contributed by atoms with Crippen molar-refractivity contribution in [2.45, 2.75) is 13.8 Å². The molecular formula is C8H14N2O3. The van der Waals surface area contributed by atoms with Crippen molar-refractivity contribution < 1.29 is 14.7 Å². The zero-order valence-corrected chi connectivity index (χ0v) is 7.86. The van der Waals surface area contributed by atoms with Gasteiger partial charge in [0, 0.05) is 13.1 Å². The second-order valence-electron chi connectivity index (χ2n) is 2.48. The molecule has 0 unspecified atom stereocenters. The molecule has 0 heterocycles. The van der Waals surface area contributed by atoms with E-state index in [4.69, 9.17) is 12.2 Å². The maximum atomic E-state index is 11.3. The molecule has 0 aromatic carbocycles. The van der Waals surface area contributed by atoms with Crippen molar-refractivity contribution in [3.8, 4) is 0 Å². The van der Waals surface area contributed by atoms with Gasteiger partial charge < -0.3 is 14.9 Å². The predicted octanol–water partition coefficient (Wildman–Crippen LogP) is 0.503. The first-order chi connectivity index (χ1) is 6.02. The summed E-state index contributed by atoms with van der Waals surface area (Å²) >= 11 is 0. The molecule has 0 aliphatic heterocycles. The molecule has 0 bridgehead atoms. The van der Waals surface area contributed by atoms with Gasteiger partial charge in [0.2, 0.25) is 0 Å². The Kier molecular flexibility index (Phi) is 4.87. The van der Waals surface area contributed by atoms with E-state index in [-0.39, 0.29) is 6.54 Å². The summed E-state index contributed by atoms with van der Waals surface area (Å²) in [6.45, 7) is 3.79. The average Bonchev–Trinajstić information content (AvgIpc) is 2.11. The third-order valence-corrected chi connectivity index (χ3v) is 1.56. The summed E-state index contributed by atoms with van der Waals surface area (Å²) in [7, 11) is 5.32. The summed E-state index contributed by atoms with van der Waals surface area (Å²) in [5.41, 5.74) is 0. The highest BCUT2D eigenvalue weighted by Crippen LogP contribution is 1.96. The van der Waals surface area contributed by atoms with Gasteiger partial charge in [0.1, 0.15) is 6.54 Å². The number of rotatable bonds is 4. The largest absolute Gasteiger partial charge is 0.480 e. The van der Waals surface area contributed by atoms with Gasteiger partial charge in [-0.25, -0.2) is 4.79 Å². The quantitative estimate of drug-likeness (QED) is 0.650. The number of amides is 2. The molecular weight excluding hydrogens is 172 g/mol. The van der Waals surface area contributed by atoms with E-state index in [0.29, 0.717) is 13.1 Å². The minimum atomic E-state index is -1.04. The topological polar surface area (TPSA) is 60.9 Å². The van der Waals surface area contributed by atoms with Gasteiger partial charge in [0.25, 0.3) is 0 Å². The van der Waals surface area contributed by atoms with Gasteiger partial charge >= 0.3 is 12.0 Å². The molecule has 0 saturated carbocycles. The van der Waals surface area contributed by atoms with Crippen LogP contribution in [-0.2, 0) is 4.79 Å². The lowest BCUT2D eigenvalue weighted by molar-refractivity contribution is -0.137. The Hall–Kier alpha value is -1.26. The van der Waals surface area contributed by atoms with Crippen LogP contribution in [-0.4, -0.2) is 46.5 Å². The van der Waals surface area contributed by atoms with Crippen LogP contribution < -0.4 is 0 Å². The number of nitrogens with zero attached hydrogens (tertiary/aromatic N) is 2. The number of carboxylic acid groups (broad SMARTS) is 1. The minimum absolute atomic E-state index is 0.316. The Bertz CT molecular complexity index is 194. The van der Waals surface area contributed by atoms with Crippen molar-refractivity contribution >= 4 is 12.0 Å². The van der Waals surface area contributed by atoms with Gasteiger partial charge in [-0.1, -0.05) is 0 Å². The fourth-order valence-corrected chi connectivity index (χ4v) is 0.795. The highest BCUT2D eigenvalue weighted by atomic mass is 16.4. The summed E-state index contributed by atoms with van der Waals surface area (Å²) in [5.74, 6) is -1.04. The number of urea groups is 1. The highest BCUT2D eigenvalue weighted by molar-refractivity contribution is 5.80. The smallest absolute Gasteiger partial charge is 0.323 e. The molecule has 0 atom stereocenters. The van der Waals surface area contributed by atoms with E-state index in [2.05, 4.69) is 0 Å². The number of carboxylic acids is 1. The second kappa shape index (κ2) is 5.40. The first kappa shape index (κ1) is 11.7. The van der Waals surface area contributed by atoms with Crippen LogP contribution in [0, 0.1) is 7.05 Å². The van der Waals surface area contributed by atoms with E-state index in [1.807, 2.05) is 0 Å². The van der Waals surface area contributed by atoms with Crippen LogP contribution in [0.1, 0.15) is 13.8 Å². The molecule has 0 aromatic heterocycles. The average molecular weight is 186 g/mol. The molecule has 0 fully saturated rings.